The third kappa shape index (κ3) is 4.83. The lowest BCUT2D eigenvalue weighted by molar-refractivity contribution is -0.144. The van der Waals surface area contributed by atoms with Crippen LogP contribution in [0.1, 0.15) is 23.6 Å². The van der Waals surface area contributed by atoms with E-state index >= 15 is 0 Å². The molecule has 1 unspecified atom stereocenters. The number of methoxy groups -OCH3 is 1. The average Bonchev–Trinajstić information content (AvgIpc) is 3.05. The quantitative estimate of drug-likeness (QED) is 0.676. The number of aliphatic imine (C=N–C) groups is 1. The Morgan fingerprint density at radius 2 is 2.00 bits per heavy atom. The van der Waals surface area contributed by atoms with E-state index in [0.717, 1.165) is 16.8 Å². The van der Waals surface area contributed by atoms with Gasteiger partial charge >= 0.3 is 5.97 Å². The number of carboxylic acids is 1. The van der Waals surface area contributed by atoms with Crippen molar-refractivity contribution in [1.82, 2.24) is 5.32 Å². The van der Waals surface area contributed by atoms with Crippen LogP contribution in [-0.2, 0) is 9.59 Å². The topological polar surface area (TPSA) is 97.2 Å². The molecule has 1 saturated heterocycles. The van der Waals surface area contributed by atoms with Crippen LogP contribution < -0.4 is 14.8 Å². The number of aliphatic carboxylic acids is 1. The Morgan fingerprint density at radius 3 is 2.70 bits per heavy atom. The SMILES string of the molecule is COc1cc(/C=C2/SC(=Nc3cccc(C)c3C)NC2=O)ccc1OC(C)C(=O)O. The van der Waals surface area contributed by atoms with Crippen molar-refractivity contribution >= 4 is 40.6 Å². The van der Waals surface area contributed by atoms with Gasteiger partial charge < -0.3 is 19.9 Å². The summed E-state index contributed by atoms with van der Waals surface area (Å²) in [6.45, 7) is 5.45. The number of carbonyl (C=O) groups excluding carboxylic acids is 1. The van der Waals surface area contributed by atoms with Crippen LogP contribution in [0.15, 0.2) is 46.3 Å². The fourth-order valence-electron chi connectivity index (χ4n) is 2.71. The van der Waals surface area contributed by atoms with Crippen LogP contribution in [0, 0.1) is 13.8 Å². The van der Waals surface area contributed by atoms with E-state index in [2.05, 4.69) is 10.3 Å². The number of hydrogen-bond acceptors (Lipinski definition) is 6. The van der Waals surface area contributed by atoms with Crippen molar-refractivity contribution in [3.63, 3.8) is 0 Å². The Kier molecular flexibility index (Phi) is 6.47. The predicted octanol–water partition coefficient (Wildman–Crippen LogP) is 4.06. The first-order chi connectivity index (χ1) is 14.3. The van der Waals surface area contributed by atoms with Crippen molar-refractivity contribution in [1.29, 1.82) is 0 Å². The van der Waals surface area contributed by atoms with E-state index in [9.17, 15) is 9.59 Å². The van der Waals surface area contributed by atoms with Gasteiger partial charge in [0.15, 0.2) is 22.8 Å². The second-order valence-corrected chi connectivity index (χ2v) is 7.74. The lowest BCUT2D eigenvalue weighted by Gasteiger charge is -2.14. The largest absolute Gasteiger partial charge is 0.493 e. The average molecular weight is 426 g/mol. The number of amides is 1. The molecule has 2 N–H and O–H groups in total. The van der Waals surface area contributed by atoms with Gasteiger partial charge in [-0.05, 0) is 73.5 Å². The molecule has 2 aromatic carbocycles. The summed E-state index contributed by atoms with van der Waals surface area (Å²) in [5.41, 5.74) is 3.73. The number of aryl methyl sites for hydroxylation is 1. The molecule has 0 saturated carbocycles. The zero-order valence-corrected chi connectivity index (χ0v) is 17.9. The highest BCUT2D eigenvalue weighted by Crippen LogP contribution is 2.33. The summed E-state index contributed by atoms with van der Waals surface area (Å²) in [6.07, 6.45) is 0.710. The van der Waals surface area contributed by atoms with E-state index in [1.54, 1.807) is 24.3 Å². The van der Waals surface area contributed by atoms with Gasteiger partial charge in [-0.2, -0.15) is 0 Å². The van der Waals surface area contributed by atoms with E-state index in [1.165, 1.54) is 25.8 Å². The van der Waals surface area contributed by atoms with Crippen LogP contribution in [-0.4, -0.2) is 35.4 Å². The molecule has 0 aromatic heterocycles. The van der Waals surface area contributed by atoms with E-state index < -0.39 is 12.1 Å². The first kappa shape index (κ1) is 21.4. The van der Waals surface area contributed by atoms with Crippen LogP contribution in [0.5, 0.6) is 11.5 Å². The van der Waals surface area contributed by atoms with Crippen molar-refractivity contribution < 1.29 is 24.2 Å². The van der Waals surface area contributed by atoms with Gasteiger partial charge in [0.1, 0.15) is 0 Å². The molecule has 1 aliphatic heterocycles. The Morgan fingerprint density at radius 1 is 1.23 bits per heavy atom. The number of benzene rings is 2. The molecule has 156 valence electrons. The summed E-state index contributed by atoms with van der Waals surface area (Å²) in [6, 6.07) is 10.9. The number of amidine groups is 1. The predicted molar refractivity (Wildman–Crippen MR) is 117 cm³/mol. The lowest BCUT2D eigenvalue weighted by atomic mass is 10.1. The van der Waals surface area contributed by atoms with Gasteiger partial charge in [-0.25, -0.2) is 9.79 Å². The highest BCUT2D eigenvalue weighted by molar-refractivity contribution is 8.18. The molecule has 8 heteroatoms. The zero-order valence-electron chi connectivity index (χ0n) is 17.1. The number of rotatable bonds is 6. The van der Waals surface area contributed by atoms with Crippen LogP contribution >= 0.6 is 11.8 Å². The van der Waals surface area contributed by atoms with Crippen molar-refractivity contribution in [3.05, 3.63) is 58.0 Å². The third-order valence-corrected chi connectivity index (χ3v) is 5.50. The number of nitrogens with one attached hydrogen (secondary N) is 1. The minimum absolute atomic E-state index is 0.233. The highest BCUT2D eigenvalue weighted by atomic mass is 32.2. The van der Waals surface area contributed by atoms with Crippen molar-refractivity contribution in [2.75, 3.05) is 7.11 Å². The Labute approximate surface area is 178 Å². The Hall–Kier alpha value is -3.26. The Balaban J connectivity index is 1.83. The van der Waals surface area contributed by atoms with Gasteiger partial charge in [-0.1, -0.05) is 18.2 Å². The minimum atomic E-state index is -1.07. The molecule has 1 amide bonds. The molecule has 1 atom stereocenters. The number of carbonyl (C=O) groups is 2. The number of nitrogens with zero attached hydrogens (tertiary/aromatic N) is 1. The summed E-state index contributed by atoms with van der Waals surface area (Å²) in [4.78, 5) is 28.4. The standard InChI is InChI=1S/C22H22N2O5S/c1-12-6-5-7-16(13(12)2)23-22-24-20(25)19(30-22)11-15-8-9-17(18(10-15)28-4)29-14(3)21(26)27/h5-11,14H,1-4H3,(H,26,27)(H,23,24,25)/b19-11+. The molecular formula is C22H22N2O5S. The van der Waals surface area contributed by atoms with Crippen LogP contribution in [0.4, 0.5) is 5.69 Å². The number of ether oxygens (including phenoxy) is 2. The summed E-state index contributed by atoms with van der Waals surface area (Å²) >= 11 is 1.26. The molecule has 1 fully saturated rings. The van der Waals surface area contributed by atoms with Gasteiger partial charge in [0, 0.05) is 0 Å². The number of hydrogen-bond donors (Lipinski definition) is 2. The lowest BCUT2D eigenvalue weighted by Crippen LogP contribution is -2.23. The molecule has 0 spiro atoms. The van der Waals surface area contributed by atoms with E-state index in [0.29, 0.717) is 27.1 Å². The fourth-order valence-corrected chi connectivity index (χ4v) is 3.54. The van der Waals surface area contributed by atoms with Gasteiger partial charge in [-0.3, -0.25) is 4.79 Å². The molecule has 0 radical (unpaired) electrons. The third-order valence-electron chi connectivity index (χ3n) is 4.59. The fraction of sp³-hybridized carbons (Fsp3) is 0.227. The zero-order chi connectivity index (χ0) is 21.8. The van der Waals surface area contributed by atoms with E-state index in [1.807, 2.05) is 32.0 Å². The van der Waals surface area contributed by atoms with Gasteiger partial charge in [0.05, 0.1) is 17.7 Å². The summed E-state index contributed by atoms with van der Waals surface area (Å²) < 4.78 is 10.7. The number of thioether (sulfide) groups is 1. The highest BCUT2D eigenvalue weighted by Gasteiger charge is 2.24. The number of carboxylic acid groups (broad SMARTS) is 1. The van der Waals surface area contributed by atoms with Crippen LogP contribution in [0.3, 0.4) is 0 Å². The van der Waals surface area contributed by atoms with E-state index in [-0.39, 0.29) is 5.91 Å². The maximum atomic E-state index is 12.4. The normalized spacial score (nSPS) is 17.1. The second-order valence-electron chi connectivity index (χ2n) is 6.71. The molecular weight excluding hydrogens is 404 g/mol. The smallest absolute Gasteiger partial charge is 0.344 e. The summed E-state index contributed by atoms with van der Waals surface area (Å²) in [5.74, 6) is -0.610. The maximum absolute atomic E-state index is 12.4. The molecule has 0 aliphatic carbocycles. The van der Waals surface area contributed by atoms with Crippen LogP contribution in [0.25, 0.3) is 6.08 Å². The molecule has 1 aliphatic rings. The van der Waals surface area contributed by atoms with Gasteiger partial charge in [0.2, 0.25) is 0 Å². The summed E-state index contributed by atoms with van der Waals surface area (Å²) in [5, 5.41) is 12.3. The first-order valence-corrected chi connectivity index (χ1v) is 10.0. The molecule has 7 nitrogen and oxygen atoms in total. The molecule has 1 heterocycles. The molecule has 3 rings (SSSR count). The van der Waals surface area contributed by atoms with Crippen LogP contribution in [0.2, 0.25) is 0 Å². The van der Waals surface area contributed by atoms with Gasteiger partial charge in [0.25, 0.3) is 5.91 Å². The molecule has 30 heavy (non-hydrogen) atoms. The maximum Gasteiger partial charge on any atom is 0.344 e. The molecule has 2 aromatic rings. The first-order valence-electron chi connectivity index (χ1n) is 9.21. The second kappa shape index (κ2) is 9.04. The minimum Gasteiger partial charge on any atom is -0.493 e. The van der Waals surface area contributed by atoms with E-state index in [4.69, 9.17) is 14.6 Å². The Bertz CT molecular complexity index is 1060. The van der Waals surface area contributed by atoms with Crippen molar-refractivity contribution in [3.8, 4) is 11.5 Å². The van der Waals surface area contributed by atoms with Crippen molar-refractivity contribution in [2.24, 2.45) is 4.99 Å². The van der Waals surface area contributed by atoms with Gasteiger partial charge in [-0.15, -0.1) is 0 Å². The summed E-state index contributed by atoms with van der Waals surface area (Å²) in [7, 11) is 1.47. The van der Waals surface area contributed by atoms with Crippen molar-refractivity contribution in [2.45, 2.75) is 26.9 Å². The molecule has 0 bridgehead atoms. The monoisotopic (exact) mass is 426 g/mol.